The number of nitrogens with one attached hydrogen (secondary N) is 1. The molecule has 0 bridgehead atoms. The number of ether oxygens (including phenoxy) is 1. The molecular formula is C16H20BrNO2. The summed E-state index contributed by atoms with van der Waals surface area (Å²) in [6.45, 7) is 9.93. The van der Waals surface area contributed by atoms with Crippen LogP contribution in [0.3, 0.4) is 0 Å². The topological polar surface area (TPSA) is 34.4 Å². The Morgan fingerprint density at radius 1 is 1.45 bits per heavy atom. The first-order valence-corrected chi connectivity index (χ1v) is 7.50. The lowest BCUT2D eigenvalue weighted by molar-refractivity contribution is 0.155. The maximum atomic E-state index is 5.84. The van der Waals surface area contributed by atoms with Crippen LogP contribution in [0, 0.1) is 0 Å². The zero-order valence-corrected chi connectivity index (χ0v) is 13.5. The summed E-state index contributed by atoms with van der Waals surface area (Å²) in [4.78, 5) is 0. The molecule has 0 spiro atoms. The predicted octanol–water partition coefficient (Wildman–Crippen LogP) is 4.44. The number of halogens is 1. The molecule has 0 aliphatic rings. The second kappa shape index (κ2) is 7.07. The molecule has 0 aliphatic carbocycles. The summed E-state index contributed by atoms with van der Waals surface area (Å²) < 4.78 is 12.4. The van der Waals surface area contributed by atoms with Crippen LogP contribution in [-0.4, -0.2) is 19.8 Å². The van der Waals surface area contributed by atoms with Gasteiger partial charge < -0.3 is 14.5 Å². The average molecular weight is 338 g/mol. The smallest absolute Gasteiger partial charge is 0.134 e. The average Bonchev–Trinajstić information content (AvgIpc) is 2.80. The first-order valence-electron chi connectivity index (χ1n) is 6.71. The molecule has 1 aromatic heterocycles. The van der Waals surface area contributed by atoms with Crippen molar-refractivity contribution in [1.29, 1.82) is 0 Å². The van der Waals surface area contributed by atoms with Gasteiger partial charge in [0.2, 0.25) is 0 Å². The third-order valence-electron chi connectivity index (χ3n) is 2.97. The van der Waals surface area contributed by atoms with Crippen molar-refractivity contribution in [2.45, 2.75) is 19.9 Å². The Morgan fingerprint density at radius 3 is 3.00 bits per heavy atom. The Bertz CT molecular complexity index is 591. The maximum absolute atomic E-state index is 5.84. The number of fused-ring (bicyclic) bond motifs is 1. The molecule has 1 atom stereocenters. The molecule has 2 rings (SSSR count). The third kappa shape index (κ3) is 4.20. The van der Waals surface area contributed by atoms with Gasteiger partial charge in [-0.15, -0.1) is 0 Å². The second-order valence-corrected chi connectivity index (χ2v) is 5.93. The number of benzene rings is 1. The van der Waals surface area contributed by atoms with Gasteiger partial charge in [-0.05, 0) is 38.1 Å². The van der Waals surface area contributed by atoms with Crippen LogP contribution in [0.2, 0.25) is 0 Å². The zero-order chi connectivity index (χ0) is 14.5. The van der Waals surface area contributed by atoms with E-state index in [9.17, 15) is 0 Å². The summed E-state index contributed by atoms with van der Waals surface area (Å²) in [5, 5.41) is 4.50. The summed E-state index contributed by atoms with van der Waals surface area (Å²) in [7, 11) is 0. The minimum atomic E-state index is 0.162. The highest BCUT2D eigenvalue weighted by Crippen LogP contribution is 2.26. The molecule has 3 nitrogen and oxygen atoms in total. The van der Waals surface area contributed by atoms with E-state index in [0.717, 1.165) is 33.3 Å². The number of hydrogen-bond acceptors (Lipinski definition) is 3. The minimum Gasteiger partial charge on any atom is -0.459 e. The van der Waals surface area contributed by atoms with Crippen LogP contribution in [0.25, 0.3) is 11.0 Å². The maximum Gasteiger partial charge on any atom is 0.134 e. The largest absolute Gasteiger partial charge is 0.459 e. The van der Waals surface area contributed by atoms with Gasteiger partial charge in [0.05, 0.1) is 19.3 Å². The van der Waals surface area contributed by atoms with Crippen LogP contribution in [0.4, 0.5) is 0 Å². The van der Waals surface area contributed by atoms with Gasteiger partial charge in [-0.1, -0.05) is 28.1 Å². The van der Waals surface area contributed by atoms with E-state index in [1.807, 2.05) is 19.1 Å². The van der Waals surface area contributed by atoms with Crippen molar-refractivity contribution in [3.63, 3.8) is 0 Å². The molecule has 1 aromatic carbocycles. The highest BCUT2D eigenvalue weighted by Gasteiger charge is 2.11. The van der Waals surface area contributed by atoms with Crippen molar-refractivity contribution in [3.05, 3.63) is 46.7 Å². The van der Waals surface area contributed by atoms with Gasteiger partial charge in [-0.25, -0.2) is 0 Å². The number of furan rings is 1. The van der Waals surface area contributed by atoms with Gasteiger partial charge in [0.1, 0.15) is 11.3 Å². The van der Waals surface area contributed by atoms with Crippen molar-refractivity contribution >= 4 is 26.9 Å². The summed E-state index contributed by atoms with van der Waals surface area (Å²) in [5.74, 6) is 0.943. The molecule has 1 N–H and O–H groups in total. The molecular weight excluding hydrogens is 318 g/mol. The molecule has 0 radical (unpaired) electrons. The van der Waals surface area contributed by atoms with Crippen molar-refractivity contribution in [1.82, 2.24) is 5.32 Å². The first-order chi connectivity index (χ1) is 9.56. The van der Waals surface area contributed by atoms with E-state index in [2.05, 4.69) is 46.9 Å². The van der Waals surface area contributed by atoms with Crippen LogP contribution in [0.5, 0.6) is 0 Å². The fraction of sp³-hybridized carbons (Fsp3) is 0.375. The predicted molar refractivity (Wildman–Crippen MR) is 86.0 cm³/mol. The molecule has 20 heavy (non-hydrogen) atoms. The fourth-order valence-corrected chi connectivity index (χ4v) is 2.32. The monoisotopic (exact) mass is 337 g/mol. The quantitative estimate of drug-likeness (QED) is 0.599. The molecule has 1 unspecified atom stereocenters. The standard InChI is InChI=1S/C16H20BrNO2/c1-11(2)10-19-7-6-18-12(3)16-9-13-8-14(17)4-5-15(13)20-16/h4-5,8-9,12,18H,1,6-7,10H2,2-3H3. The molecule has 0 fully saturated rings. The summed E-state index contributed by atoms with van der Waals surface area (Å²) in [6, 6.07) is 8.26. The van der Waals surface area contributed by atoms with E-state index < -0.39 is 0 Å². The lowest BCUT2D eigenvalue weighted by Gasteiger charge is -2.11. The summed E-state index contributed by atoms with van der Waals surface area (Å²) >= 11 is 3.47. The van der Waals surface area contributed by atoms with E-state index in [4.69, 9.17) is 9.15 Å². The molecule has 4 heteroatoms. The Hall–Kier alpha value is -1.10. The Balaban J connectivity index is 1.87. The normalized spacial score (nSPS) is 12.8. The molecule has 0 amide bonds. The molecule has 0 saturated heterocycles. The van der Waals surface area contributed by atoms with Crippen LogP contribution in [-0.2, 0) is 4.74 Å². The Kier molecular flexibility index (Phi) is 5.40. The van der Waals surface area contributed by atoms with Crippen molar-refractivity contribution in [2.24, 2.45) is 0 Å². The lowest BCUT2D eigenvalue weighted by atomic mass is 10.2. The zero-order valence-electron chi connectivity index (χ0n) is 11.9. The van der Waals surface area contributed by atoms with Gasteiger partial charge in [-0.2, -0.15) is 0 Å². The molecule has 2 aromatic rings. The summed E-state index contributed by atoms with van der Waals surface area (Å²) in [5.41, 5.74) is 1.95. The van der Waals surface area contributed by atoms with Gasteiger partial charge in [0.15, 0.2) is 0 Å². The Labute approximate surface area is 128 Å². The van der Waals surface area contributed by atoms with Gasteiger partial charge >= 0.3 is 0 Å². The van der Waals surface area contributed by atoms with Gasteiger partial charge in [0.25, 0.3) is 0 Å². The number of hydrogen-bond donors (Lipinski definition) is 1. The van der Waals surface area contributed by atoms with E-state index in [-0.39, 0.29) is 6.04 Å². The molecule has 1 heterocycles. The molecule has 0 saturated carbocycles. The fourth-order valence-electron chi connectivity index (χ4n) is 1.94. The lowest BCUT2D eigenvalue weighted by Crippen LogP contribution is -2.23. The second-order valence-electron chi connectivity index (χ2n) is 5.02. The van der Waals surface area contributed by atoms with Crippen molar-refractivity contribution in [3.8, 4) is 0 Å². The highest BCUT2D eigenvalue weighted by molar-refractivity contribution is 9.10. The SMILES string of the molecule is C=C(C)COCCNC(C)c1cc2cc(Br)ccc2o1. The van der Waals surface area contributed by atoms with Crippen LogP contribution in [0.1, 0.15) is 25.6 Å². The number of rotatable bonds is 7. The van der Waals surface area contributed by atoms with E-state index in [1.165, 1.54) is 0 Å². The van der Waals surface area contributed by atoms with Crippen LogP contribution in [0.15, 0.2) is 45.3 Å². The van der Waals surface area contributed by atoms with Gasteiger partial charge in [0, 0.05) is 16.4 Å². The van der Waals surface area contributed by atoms with E-state index in [0.29, 0.717) is 13.2 Å². The highest BCUT2D eigenvalue weighted by atomic mass is 79.9. The van der Waals surface area contributed by atoms with Gasteiger partial charge in [-0.3, -0.25) is 0 Å². The third-order valence-corrected chi connectivity index (χ3v) is 3.46. The van der Waals surface area contributed by atoms with E-state index in [1.54, 1.807) is 0 Å². The first kappa shape index (κ1) is 15.3. The minimum absolute atomic E-state index is 0.162. The van der Waals surface area contributed by atoms with Crippen molar-refractivity contribution in [2.75, 3.05) is 19.8 Å². The van der Waals surface area contributed by atoms with Crippen molar-refractivity contribution < 1.29 is 9.15 Å². The van der Waals surface area contributed by atoms with Crippen LogP contribution < -0.4 is 5.32 Å². The van der Waals surface area contributed by atoms with E-state index >= 15 is 0 Å². The molecule has 0 aliphatic heterocycles. The summed E-state index contributed by atoms with van der Waals surface area (Å²) in [6.07, 6.45) is 0. The van der Waals surface area contributed by atoms with Crippen LogP contribution >= 0.6 is 15.9 Å². The molecule has 108 valence electrons. The Morgan fingerprint density at radius 2 is 2.25 bits per heavy atom.